The van der Waals surface area contributed by atoms with Crippen LogP contribution in [0.4, 0.5) is 0 Å². The van der Waals surface area contributed by atoms with E-state index >= 15 is 0 Å². The molecule has 1 heterocycles. The molecule has 2 atom stereocenters. The van der Waals surface area contributed by atoms with E-state index in [1.54, 1.807) is 6.92 Å². The maximum Gasteiger partial charge on any atom is 0.307 e. The summed E-state index contributed by atoms with van der Waals surface area (Å²) in [4.78, 5) is 11.0. The lowest BCUT2D eigenvalue weighted by molar-refractivity contribution is -0.146. The summed E-state index contributed by atoms with van der Waals surface area (Å²) in [5, 5.41) is -0.156. The van der Waals surface area contributed by atoms with E-state index in [9.17, 15) is 4.79 Å². The molecule has 0 bridgehead atoms. The van der Waals surface area contributed by atoms with Crippen molar-refractivity contribution < 1.29 is 14.3 Å². The van der Waals surface area contributed by atoms with Gasteiger partial charge in [0.1, 0.15) is 6.61 Å². The van der Waals surface area contributed by atoms with Crippen molar-refractivity contribution in [3.05, 3.63) is 0 Å². The smallest absolute Gasteiger partial charge is 0.307 e. The molecule has 1 aliphatic rings. The first-order valence-electron chi connectivity index (χ1n) is 4.60. The van der Waals surface area contributed by atoms with Crippen molar-refractivity contribution in [2.24, 2.45) is 0 Å². The van der Waals surface area contributed by atoms with Crippen molar-refractivity contribution in [2.45, 2.75) is 37.7 Å². The van der Waals surface area contributed by atoms with Crippen LogP contribution in [0.3, 0.4) is 0 Å². The molecule has 0 amide bonds. The third-order valence-corrected chi connectivity index (χ3v) is 2.06. The largest absolute Gasteiger partial charge is 0.463 e. The fourth-order valence-corrected chi connectivity index (χ4v) is 1.38. The summed E-state index contributed by atoms with van der Waals surface area (Å²) in [6.45, 7) is 2.94. The molecule has 4 heteroatoms. The van der Waals surface area contributed by atoms with Crippen molar-refractivity contribution in [3.8, 4) is 0 Å². The van der Waals surface area contributed by atoms with E-state index < -0.39 is 0 Å². The van der Waals surface area contributed by atoms with Crippen molar-refractivity contribution in [1.82, 2.24) is 0 Å². The first kappa shape index (κ1) is 10.8. The third kappa shape index (κ3) is 4.48. The van der Waals surface area contributed by atoms with E-state index in [2.05, 4.69) is 0 Å². The highest BCUT2D eigenvalue weighted by atomic mass is 35.5. The van der Waals surface area contributed by atoms with Gasteiger partial charge < -0.3 is 9.47 Å². The van der Waals surface area contributed by atoms with Crippen LogP contribution < -0.4 is 0 Å². The minimum Gasteiger partial charge on any atom is -0.463 e. The number of carbonyl (C=O) groups is 1. The van der Waals surface area contributed by atoms with E-state index in [0.29, 0.717) is 6.61 Å². The van der Waals surface area contributed by atoms with Crippen molar-refractivity contribution in [3.63, 3.8) is 0 Å². The average Bonchev–Trinajstić information content (AvgIpc) is 2.51. The molecule has 0 N–H and O–H groups in total. The Bertz CT molecular complexity index is 164. The number of ether oxygens (including phenoxy) is 2. The summed E-state index contributed by atoms with van der Waals surface area (Å²) in [6, 6.07) is 0. The number of alkyl halides is 1. The van der Waals surface area contributed by atoms with Gasteiger partial charge in [-0.05, 0) is 19.8 Å². The minimum absolute atomic E-state index is 0.106. The van der Waals surface area contributed by atoms with Crippen LogP contribution >= 0.6 is 11.6 Å². The molecule has 3 nitrogen and oxygen atoms in total. The van der Waals surface area contributed by atoms with Crippen LogP contribution in [0, 0.1) is 0 Å². The minimum atomic E-state index is -0.238. The first-order valence-corrected chi connectivity index (χ1v) is 5.03. The number of hydrogen-bond acceptors (Lipinski definition) is 3. The zero-order chi connectivity index (χ0) is 9.68. The Morgan fingerprint density at radius 3 is 3.08 bits per heavy atom. The van der Waals surface area contributed by atoms with Gasteiger partial charge >= 0.3 is 5.97 Å². The monoisotopic (exact) mass is 206 g/mol. The van der Waals surface area contributed by atoms with E-state index in [-0.39, 0.29) is 23.9 Å². The molecule has 0 aromatic heterocycles. The highest BCUT2D eigenvalue weighted by Gasteiger charge is 2.17. The molecule has 1 fully saturated rings. The molecule has 0 spiro atoms. The van der Waals surface area contributed by atoms with Crippen molar-refractivity contribution in [2.75, 3.05) is 13.2 Å². The second-order valence-electron chi connectivity index (χ2n) is 3.30. The molecule has 13 heavy (non-hydrogen) atoms. The summed E-state index contributed by atoms with van der Waals surface area (Å²) in [6.07, 6.45) is 2.43. The normalized spacial score (nSPS) is 24.3. The topological polar surface area (TPSA) is 35.5 Å². The Balaban J connectivity index is 2.07. The number of halogens is 1. The Morgan fingerprint density at radius 1 is 1.77 bits per heavy atom. The maximum atomic E-state index is 11.0. The molecule has 0 aliphatic carbocycles. The molecule has 1 aliphatic heterocycles. The highest BCUT2D eigenvalue weighted by molar-refractivity contribution is 6.21. The van der Waals surface area contributed by atoms with Crippen LogP contribution in [0.1, 0.15) is 26.2 Å². The van der Waals surface area contributed by atoms with Gasteiger partial charge in [-0.25, -0.2) is 0 Å². The van der Waals surface area contributed by atoms with Gasteiger partial charge in [0.2, 0.25) is 0 Å². The van der Waals surface area contributed by atoms with Crippen LogP contribution in [-0.4, -0.2) is 30.7 Å². The van der Waals surface area contributed by atoms with Gasteiger partial charge in [0.15, 0.2) is 0 Å². The zero-order valence-electron chi connectivity index (χ0n) is 7.79. The summed E-state index contributed by atoms with van der Waals surface area (Å²) < 4.78 is 10.3. The third-order valence-electron chi connectivity index (χ3n) is 1.90. The fourth-order valence-electron chi connectivity index (χ4n) is 1.25. The molecule has 76 valence electrons. The van der Waals surface area contributed by atoms with Crippen molar-refractivity contribution in [1.29, 1.82) is 0 Å². The Morgan fingerprint density at radius 2 is 2.54 bits per heavy atom. The highest BCUT2D eigenvalue weighted by Crippen LogP contribution is 2.12. The number of carbonyl (C=O) groups excluding carboxylic acids is 1. The lowest BCUT2D eigenvalue weighted by Crippen LogP contribution is -2.19. The van der Waals surface area contributed by atoms with Crippen LogP contribution in [0.5, 0.6) is 0 Å². The molecule has 1 rings (SSSR count). The second-order valence-corrected chi connectivity index (χ2v) is 4.05. The number of esters is 1. The predicted octanol–water partition coefficient (Wildman–Crippen LogP) is 1.73. The van der Waals surface area contributed by atoms with E-state index in [1.807, 2.05) is 0 Å². The van der Waals surface area contributed by atoms with Crippen LogP contribution in [0.15, 0.2) is 0 Å². The molecule has 0 saturated carbocycles. The molecule has 0 radical (unpaired) electrons. The summed E-state index contributed by atoms with van der Waals surface area (Å²) >= 11 is 5.64. The van der Waals surface area contributed by atoms with E-state index in [4.69, 9.17) is 21.1 Å². The van der Waals surface area contributed by atoms with Crippen LogP contribution in [-0.2, 0) is 14.3 Å². The zero-order valence-corrected chi connectivity index (χ0v) is 8.55. The second kappa shape index (κ2) is 5.45. The lowest BCUT2D eigenvalue weighted by Gasteiger charge is -2.10. The van der Waals surface area contributed by atoms with Crippen molar-refractivity contribution >= 4 is 17.6 Å². The maximum absolute atomic E-state index is 11.0. The summed E-state index contributed by atoms with van der Waals surface area (Å²) in [5.41, 5.74) is 0. The molecule has 2 unspecified atom stereocenters. The van der Waals surface area contributed by atoms with Crippen LogP contribution in [0.25, 0.3) is 0 Å². The Hall–Kier alpha value is -0.280. The van der Waals surface area contributed by atoms with Gasteiger partial charge in [-0.1, -0.05) is 0 Å². The quantitative estimate of drug-likeness (QED) is 0.519. The van der Waals surface area contributed by atoms with Gasteiger partial charge in [0.25, 0.3) is 0 Å². The van der Waals surface area contributed by atoms with Crippen LogP contribution in [0.2, 0.25) is 0 Å². The molecular formula is C9H15ClO3. The number of rotatable bonds is 4. The average molecular weight is 207 g/mol. The van der Waals surface area contributed by atoms with E-state index in [0.717, 1.165) is 19.4 Å². The fraction of sp³-hybridized carbons (Fsp3) is 0.889. The first-order chi connectivity index (χ1) is 6.18. The summed E-state index contributed by atoms with van der Waals surface area (Å²) in [7, 11) is 0. The van der Waals surface area contributed by atoms with Gasteiger partial charge in [-0.2, -0.15) is 0 Å². The molecule has 0 aromatic rings. The molecule has 0 aromatic carbocycles. The predicted molar refractivity (Wildman–Crippen MR) is 49.9 cm³/mol. The van der Waals surface area contributed by atoms with Gasteiger partial charge in [-0.3, -0.25) is 4.79 Å². The standard InChI is InChI=1S/C9H15ClO3/c1-7(10)5-9(11)13-6-8-3-2-4-12-8/h7-8H,2-6H2,1H3. The SMILES string of the molecule is CC(Cl)CC(=O)OCC1CCCO1. The lowest BCUT2D eigenvalue weighted by atomic mass is 10.2. The van der Waals surface area contributed by atoms with Gasteiger partial charge in [0.05, 0.1) is 12.5 Å². The van der Waals surface area contributed by atoms with Gasteiger partial charge in [-0.15, -0.1) is 11.6 Å². The molecular weight excluding hydrogens is 192 g/mol. The Labute approximate surface area is 83.3 Å². The Kier molecular flexibility index (Phi) is 4.53. The summed E-state index contributed by atoms with van der Waals surface area (Å²) in [5.74, 6) is -0.238. The number of hydrogen-bond donors (Lipinski definition) is 0. The van der Waals surface area contributed by atoms with Gasteiger partial charge in [0, 0.05) is 12.0 Å². The van der Waals surface area contributed by atoms with E-state index in [1.165, 1.54) is 0 Å². The molecule has 1 saturated heterocycles.